The third-order valence-corrected chi connectivity index (χ3v) is 3.15. The van der Waals surface area contributed by atoms with Crippen LogP contribution in [0.25, 0.3) is 6.08 Å². The lowest BCUT2D eigenvalue weighted by atomic mass is 10.2. The molecule has 0 aliphatic rings. The Morgan fingerprint density at radius 1 is 1.12 bits per heavy atom. The third-order valence-electron chi connectivity index (χ3n) is 3.15. The standard InChI is InChI=1S/C18H18N2O4/c1-23-16-9-7-13(11-17(16)24-2)8-10-18(22)20-19-12-14-5-3-4-6-15(14)21/h3-12,21H,1-2H3,(H,20,22)/b10-8+,19-12+. The second-order valence-corrected chi connectivity index (χ2v) is 4.74. The van der Waals surface area contributed by atoms with Gasteiger partial charge in [-0.3, -0.25) is 4.79 Å². The van der Waals surface area contributed by atoms with Gasteiger partial charge in [-0.1, -0.05) is 18.2 Å². The molecule has 0 fully saturated rings. The summed E-state index contributed by atoms with van der Waals surface area (Å²) in [6.45, 7) is 0. The number of amides is 1. The maximum atomic E-state index is 11.7. The average molecular weight is 326 g/mol. The normalized spacial score (nSPS) is 10.9. The second-order valence-electron chi connectivity index (χ2n) is 4.74. The van der Waals surface area contributed by atoms with Crippen LogP contribution in [0.3, 0.4) is 0 Å². The maximum Gasteiger partial charge on any atom is 0.264 e. The van der Waals surface area contributed by atoms with Crippen molar-refractivity contribution in [1.82, 2.24) is 5.43 Å². The van der Waals surface area contributed by atoms with E-state index in [0.717, 1.165) is 5.56 Å². The summed E-state index contributed by atoms with van der Waals surface area (Å²) in [5.74, 6) is 0.900. The molecule has 0 saturated carbocycles. The van der Waals surface area contributed by atoms with Crippen LogP contribution in [0.1, 0.15) is 11.1 Å². The van der Waals surface area contributed by atoms with Crippen molar-refractivity contribution in [3.05, 3.63) is 59.7 Å². The lowest BCUT2D eigenvalue weighted by Crippen LogP contribution is -2.14. The number of ether oxygens (including phenoxy) is 2. The maximum absolute atomic E-state index is 11.7. The van der Waals surface area contributed by atoms with Gasteiger partial charge in [0, 0.05) is 11.6 Å². The summed E-state index contributed by atoms with van der Waals surface area (Å²) in [5, 5.41) is 13.4. The number of nitrogens with one attached hydrogen (secondary N) is 1. The Morgan fingerprint density at radius 2 is 1.88 bits per heavy atom. The van der Waals surface area contributed by atoms with E-state index in [4.69, 9.17) is 9.47 Å². The molecular weight excluding hydrogens is 308 g/mol. The Hall–Kier alpha value is -3.28. The number of carbonyl (C=O) groups excluding carboxylic acids is 1. The van der Waals surface area contributed by atoms with Gasteiger partial charge in [-0.05, 0) is 35.9 Å². The molecule has 0 atom stereocenters. The van der Waals surface area contributed by atoms with E-state index in [1.807, 2.05) is 0 Å². The monoisotopic (exact) mass is 326 g/mol. The van der Waals surface area contributed by atoms with E-state index in [1.54, 1.807) is 62.8 Å². The minimum atomic E-state index is -0.392. The number of benzene rings is 2. The molecule has 0 unspecified atom stereocenters. The molecule has 0 spiro atoms. The van der Waals surface area contributed by atoms with Gasteiger partial charge in [0.05, 0.1) is 20.4 Å². The van der Waals surface area contributed by atoms with Crippen molar-refractivity contribution in [1.29, 1.82) is 0 Å². The largest absolute Gasteiger partial charge is 0.507 e. The minimum absolute atomic E-state index is 0.0939. The van der Waals surface area contributed by atoms with Gasteiger partial charge in [-0.25, -0.2) is 5.43 Å². The number of methoxy groups -OCH3 is 2. The summed E-state index contributed by atoms with van der Waals surface area (Å²) in [6, 6.07) is 12.0. The first-order valence-corrected chi connectivity index (χ1v) is 7.15. The lowest BCUT2D eigenvalue weighted by Gasteiger charge is -2.07. The fourth-order valence-electron chi connectivity index (χ4n) is 1.93. The molecule has 0 radical (unpaired) electrons. The van der Waals surface area contributed by atoms with E-state index in [2.05, 4.69) is 10.5 Å². The van der Waals surface area contributed by atoms with Gasteiger partial charge in [0.1, 0.15) is 5.75 Å². The highest BCUT2D eigenvalue weighted by Crippen LogP contribution is 2.27. The number of phenolic OH excluding ortho intramolecular Hbond substituents is 1. The van der Waals surface area contributed by atoms with Crippen molar-refractivity contribution in [3.8, 4) is 17.2 Å². The number of phenols is 1. The second kappa shape index (κ2) is 8.38. The van der Waals surface area contributed by atoms with Gasteiger partial charge in [0.2, 0.25) is 0 Å². The molecule has 24 heavy (non-hydrogen) atoms. The molecule has 0 bridgehead atoms. The summed E-state index contributed by atoms with van der Waals surface area (Å²) < 4.78 is 10.4. The number of aromatic hydroxyl groups is 1. The first-order chi connectivity index (χ1) is 11.6. The fourth-order valence-corrected chi connectivity index (χ4v) is 1.93. The van der Waals surface area contributed by atoms with Crippen molar-refractivity contribution >= 4 is 18.2 Å². The fraction of sp³-hybridized carbons (Fsp3) is 0.111. The summed E-state index contributed by atoms with van der Waals surface area (Å²) >= 11 is 0. The van der Waals surface area contributed by atoms with E-state index in [0.29, 0.717) is 17.1 Å². The number of hydrazone groups is 1. The predicted molar refractivity (Wildman–Crippen MR) is 92.4 cm³/mol. The molecule has 2 aromatic carbocycles. The summed E-state index contributed by atoms with van der Waals surface area (Å²) in [5.41, 5.74) is 3.66. The Morgan fingerprint density at radius 3 is 2.58 bits per heavy atom. The molecule has 0 aromatic heterocycles. The Balaban J connectivity index is 1.97. The highest BCUT2D eigenvalue weighted by Gasteiger charge is 2.03. The van der Waals surface area contributed by atoms with Crippen molar-refractivity contribution in [3.63, 3.8) is 0 Å². The van der Waals surface area contributed by atoms with Crippen LogP contribution in [0, 0.1) is 0 Å². The topological polar surface area (TPSA) is 80.2 Å². The molecule has 6 nitrogen and oxygen atoms in total. The van der Waals surface area contributed by atoms with Crippen molar-refractivity contribution in [2.45, 2.75) is 0 Å². The third kappa shape index (κ3) is 4.61. The Bertz CT molecular complexity index is 769. The predicted octanol–water partition coefficient (Wildman–Crippen LogP) is 2.57. The van der Waals surface area contributed by atoms with Crippen LogP contribution in [0.4, 0.5) is 0 Å². The van der Waals surface area contributed by atoms with E-state index in [-0.39, 0.29) is 5.75 Å². The van der Waals surface area contributed by atoms with Gasteiger partial charge in [-0.2, -0.15) is 5.10 Å². The van der Waals surface area contributed by atoms with E-state index in [9.17, 15) is 9.90 Å². The number of hydrogen-bond acceptors (Lipinski definition) is 5. The molecule has 124 valence electrons. The van der Waals surface area contributed by atoms with Crippen LogP contribution in [0.15, 0.2) is 53.6 Å². The quantitative estimate of drug-likeness (QED) is 0.486. The zero-order chi connectivity index (χ0) is 17.4. The van der Waals surface area contributed by atoms with Crippen LogP contribution in [0.5, 0.6) is 17.2 Å². The number of para-hydroxylation sites is 1. The molecule has 1 amide bonds. The van der Waals surface area contributed by atoms with Gasteiger partial charge in [0.15, 0.2) is 11.5 Å². The van der Waals surface area contributed by atoms with Gasteiger partial charge in [-0.15, -0.1) is 0 Å². The molecule has 2 N–H and O–H groups in total. The first kappa shape index (κ1) is 17.1. The highest BCUT2D eigenvalue weighted by molar-refractivity contribution is 5.93. The van der Waals surface area contributed by atoms with Crippen molar-refractivity contribution in [2.24, 2.45) is 5.10 Å². The van der Waals surface area contributed by atoms with E-state index < -0.39 is 5.91 Å². The number of carbonyl (C=O) groups is 1. The Kier molecular flexibility index (Phi) is 5.96. The first-order valence-electron chi connectivity index (χ1n) is 7.15. The van der Waals surface area contributed by atoms with Crippen molar-refractivity contribution in [2.75, 3.05) is 14.2 Å². The zero-order valence-corrected chi connectivity index (χ0v) is 13.4. The lowest BCUT2D eigenvalue weighted by molar-refractivity contribution is -0.116. The molecule has 2 aromatic rings. The molecule has 0 aliphatic heterocycles. The van der Waals surface area contributed by atoms with Crippen LogP contribution in [-0.2, 0) is 4.79 Å². The van der Waals surface area contributed by atoms with Gasteiger partial charge >= 0.3 is 0 Å². The van der Waals surface area contributed by atoms with Gasteiger partial charge < -0.3 is 14.6 Å². The zero-order valence-electron chi connectivity index (χ0n) is 13.4. The molecule has 0 heterocycles. The summed E-state index contributed by atoms with van der Waals surface area (Å²) in [7, 11) is 3.11. The van der Waals surface area contributed by atoms with Gasteiger partial charge in [0.25, 0.3) is 5.91 Å². The van der Waals surface area contributed by atoms with Crippen LogP contribution < -0.4 is 14.9 Å². The Labute approximate surface area is 140 Å². The van der Waals surface area contributed by atoms with Crippen LogP contribution in [0.2, 0.25) is 0 Å². The molecule has 0 aliphatic carbocycles. The minimum Gasteiger partial charge on any atom is -0.507 e. The molecule has 2 rings (SSSR count). The molecule has 6 heteroatoms. The highest BCUT2D eigenvalue weighted by atomic mass is 16.5. The number of hydrogen-bond donors (Lipinski definition) is 2. The SMILES string of the molecule is COc1ccc(/C=C/C(=O)N/N=C/c2ccccc2O)cc1OC. The summed E-state index contributed by atoms with van der Waals surface area (Å²) in [4.78, 5) is 11.7. The van der Waals surface area contributed by atoms with E-state index >= 15 is 0 Å². The van der Waals surface area contributed by atoms with Crippen LogP contribution in [-0.4, -0.2) is 31.4 Å². The molecule has 0 saturated heterocycles. The number of nitrogens with zero attached hydrogens (tertiary/aromatic N) is 1. The smallest absolute Gasteiger partial charge is 0.264 e. The van der Waals surface area contributed by atoms with Crippen molar-refractivity contribution < 1.29 is 19.4 Å². The van der Waals surface area contributed by atoms with E-state index in [1.165, 1.54) is 12.3 Å². The average Bonchev–Trinajstić information content (AvgIpc) is 2.61. The number of rotatable bonds is 6. The van der Waals surface area contributed by atoms with Crippen LogP contribution >= 0.6 is 0 Å². The molecular formula is C18H18N2O4. The summed E-state index contributed by atoms with van der Waals surface area (Å²) in [6.07, 6.45) is 4.35.